The maximum absolute atomic E-state index is 14.1. The van der Waals surface area contributed by atoms with Crippen LogP contribution < -0.4 is 9.47 Å². The molecule has 0 aromatic heterocycles. The van der Waals surface area contributed by atoms with Crippen LogP contribution in [0.25, 0.3) is 0 Å². The Balaban J connectivity index is 1.95. The third-order valence-corrected chi connectivity index (χ3v) is 8.86. The highest BCUT2D eigenvalue weighted by Crippen LogP contribution is 2.62. The van der Waals surface area contributed by atoms with Crippen LogP contribution in [0.1, 0.15) is 31.9 Å². The van der Waals surface area contributed by atoms with Gasteiger partial charge in [0, 0.05) is 13.5 Å². The molecule has 3 aliphatic rings. The highest BCUT2D eigenvalue weighted by Gasteiger charge is 2.72. The average Bonchev–Trinajstić information content (AvgIpc) is 3.41. The monoisotopic (exact) mass is 519 g/mol. The first-order chi connectivity index (χ1) is 16.5. The maximum Gasteiger partial charge on any atom is 0.369 e. The summed E-state index contributed by atoms with van der Waals surface area (Å²) in [5.74, 6) is -0.496. The Labute approximate surface area is 209 Å². The molecule has 0 saturated carbocycles. The Kier molecular flexibility index (Phi) is 6.01. The van der Waals surface area contributed by atoms with Gasteiger partial charge in [0.2, 0.25) is 6.79 Å². The summed E-state index contributed by atoms with van der Waals surface area (Å²) in [6.07, 6.45) is -0.127. The van der Waals surface area contributed by atoms with E-state index in [0.29, 0.717) is 40.6 Å². The van der Waals surface area contributed by atoms with Crippen LogP contribution in [0.15, 0.2) is 18.2 Å². The molecule has 0 radical (unpaired) electrons. The van der Waals surface area contributed by atoms with Gasteiger partial charge in [-0.2, -0.15) is 5.26 Å². The van der Waals surface area contributed by atoms with Crippen molar-refractivity contribution in [2.24, 2.45) is 5.41 Å². The molecule has 0 spiro atoms. The van der Waals surface area contributed by atoms with Gasteiger partial charge in [-0.05, 0) is 55.1 Å². The van der Waals surface area contributed by atoms with Gasteiger partial charge in [-0.15, -0.1) is 0 Å². The Morgan fingerprint density at radius 3 is 2.51 bits per heavy atom. The number of fused-ring (bicyclic) bond motifs is 2. The predicted molar refractivity (Wildman–Crippen MR) is 123 cm³/mol. The first-order valence-corrected chi connectivity index (χ1v) is 12.0. The minimum Gasteiger partial charge on any atom is -0.461 e. The van der Waals surface area contributed by atoms with Gasteiger partial charge < -0.3 is 24.0 Å². The third kappa shape index (κ3) is 3.54. The van der Waals surface area contributed by atoms with E-state index in [1.165, 1.54) is 18.9 Å². The first kappa shape index (κ1) is 24.9. The number of amides is 2. The van der Waals surface area contributed by atoms with Crippen molar-refractivity contribution >= 4 is 52.0 Å². The molecule has 11 nitrogen and oxygen atoms in total. The molecule has 1 aromatic carbocycles. The van der Waals surface area contributed by atoms with E-state index in [4.69, 9.17) is 14.2 Å². The molecule has 2 fully saturated rings. The normalized spacial score (nSPS) is 31.1. The lowest BCUT2D eigenvalue weighted by molar-refractivity contribution is -0.163. The van der Waals surface area contributed by atoms with Crippen LogP contribution in [0.5, 0.6) is 11.5 Å². The van der Waals surface area contributed by atoms with Gasteiger partial charge in [0.15, 0.2) is 27.5 Å². The van der Waals surface area contributed by atoms with Gasteiger partial charge >= 0.3 is 5.30 Å². The number of thioether (sulfide) groups is 2. The van der Waals surface area contributed by atoms with Gasteiger partial charge in [0.05, 0.1) is 24.6 Å². The van der Waals surface area contributed by atoms with Gasteiger partial charge in [-0.1, -0.05) is 6.07 Å². The van der Waals surface area contributed by atoms with Gasteiger partial charge in [0.1, 0.15) is 0 Å². The number of nitrogens with zero attached hydrogens (tertiary/aromatic N) is 3. The molecule has 13 heteroatoms. The number of likely N-dealkylation sites (N-methyl/N-ethyl adjacent to an activating group) is 1. The highest BCUT2D eigenvalue weighted by atomic mass is 32.2. The van der Waals surface area contributed by atoms with Crippen LogP contribution in [0.4, 0.5) is 4.79 Å². The summed E-state index contributed by atoms with van der Waals surface area (Å²) in [6.45, 7) is 2.96. The topological polar surface area (TPSA) is 143 Å². The SMILES string of the molecule is COC(=O)SC12C[C@](C)(C#N)C(c3ccc4c(c3)OCO4)N1C(=O)[C@](C)(SC(=O)C=O)N(C)C2=O. The molecule has 2 unspecified atom stereocenters. The third-order valence-electron chi connectivity index (χ3n) is 6.53. The van der Waals surface area contributed by atoms with E-state index in [1.807, 2.05) is 0 Å². The van der Waals surface area contributed by atoms with Crippen LogP contribution in [-0.4, -0.2) is 69.0 Å². The molecule has 0 N–H and O–H groups in total. The molecule has 3 heterocycles. The Morgan fingerprint density at radius 2 is 1.89 bits per heavy atom. The first-order valence-electron chi connectivity index (χ1n) is 10.4. The quantitative estimate of drug-likeness (QED) is 0.327. The minimum absolute atomic E-state index is 0.00947. The Bertz CT molecular complexity index is 1200. The summed E-state index contributed by atoms with van der Waals surface area (Å²) in [5.41, 5.74) is -0.851. The number of aldehydes is 1. The van der Waals surface area contributed by atoms with E-state index < -0.39 is 43.4 Å². The molecule has 0 aliphatic carbocycles. The summed E-state index contributed by atoms with van der Waals surface area (Å²) in [6, 6.07) is 6.14. The Morgan fingerprint density at radius 1 is 1.20 bits per heavy atom. The maximum atomic E-state index is 14.1. The standard InChI is InChI=1S/C22H21N3O8S2/c1-20(10-23)9-22(35-19(30)31-4)18(29)24(3)21(2,34-15(27)8-26)17(28)25(22)16(20)12-5-6-13-14(7-12)33-11-32-13/h5-8,16H,9,11H2,1-4H3/t16?,20-,21+,22?/m1/s1. The second kappa shape index (κ2) is 8.46. The minimum atomic E-state index is -1.82. The summed E-state index contributed by atoms with van der Waals surface area (Å²) < 4.78 is 15.6. The van der Waals surface area contributed by atoms with E-state index in [0.717, 1.165) is 12.0 Å². The van der Waals surface area contributed by atoms with Crippen LogP contribution in [-0.2, 0) is 23.9 Å². The number of methoxy groups -OCH3 is 1. The summed E-state index contributed by atoms with van der Waals surface area (Å²) in [4.78, 5) is 62.3. The van der Waals surface area contributed by atoms with Crippen molar-refractivity contribution in [1.29, 1.82) is 5.26 Å². The van der Waals surface area contributed by atoms with Crippen molar-refractivity contribution < 1.29 is 38.2 Å². The second-order valence-electron chi connectivity index (χ2n) is 8.62. The fraction of sp³-hybridized carbons (Fsp3) is 0.455. The number of piperazine rings is 1. The van der Waals surface area contributed by atoms with Crippen LogP contribution in [0.2, 0.25) is 0 Å². The average molecular weight is 520 g/mol. The lowest BCUT2D eigenvalue weighted by Gasteiger charge is -2.52. The predicted octanol–water partition coefficient (Wildman–Crippen LogP) is 2.06. The van der Waals surface area contributed by atoms with Crippen LogP contribution >= 0.6 is 23.5 Å². The van der Waals surface area contributed by atoms with Crippen molar-refractivity contribution in [2.75, 3.05) is 21.0 Å². The number of nitriles is 1. The molecule has 2 saturated heterocycles. The molecule has 0 bridgehead atoms. The van der Waals surface area contributed by atoms with Gasteiger partial charge in [-0.25, -0.2) is 4.79 Å². The van der Waals surface area contributed by atoms with Crippen molar-refractivity contribution in [1.82, 2.24) is 9.80 Å². The number of hydrogen-bond acceptors (Lipinski definition) is 11. The molecule has 4 rings (SSSR count). The number of carbonyl (C=O) groups is 5. The van der Waals surface area contributed by atoms with E-state index in [-0.39, 0.29) is 19.5 Å². The number of hydrogen-bond donors (Lipinski definition) is 0. The molecule has 35 heavy (non-hydrogen) atoms. The van der Waals surface area contributed by atoms with Gasteiger partial charge in [-0.3, -0.25) is 19.2 Å². The lowest BCUT2D eigenvalue weighted by Crippen LogP contribution is -2.71. The summed E-state index contributed by atoms with van der Waals surface area (Å²) in [5, 5.41) is 8.48. The fourth-order valence-corrected chi connectivity index (χ4v) is 6.88. The number of ether oxygens (including phenoxy) is 3. The molecule has 3 aliphatic heterocycles. The zero-order valence-electron chi connectivity index (χ0n) is 19.2. The summed E-state index contributed by atoms with van der Waals surface area (Å²) in [7, 11) is 2.46. The van der Waals surface area contributed by atoms with E-state index in [1.54, 1.807) is 25.1 Å². The van der Waals surface area contributed by atoms with E-state index >= 15 is 0 Å². The number of rotatable bonds is 4. The molecule has 2 amide bonds. The fourth-order valence-electron chi connectivity index (χ4n) is 4.80. The van der Waals surface area contributed by atoms with Crippen molar-refractivity contribution in [3.05, 3.63) is 23.8 Å². The number of benzene rings is 1. The molecule has 1 aromatic rings. The highest BCUT2D eigenvalue weighted by molar-refractivity contribution is 8.17. The zero-order chi connectivity index (χ0) is 25.8. The lowest BCUT2D eigenvalue weighted by atomic mass is 9.79. The largest absolute Gasteiger partial charge is 0.461 e. The Hall–Kier alpha value is -3.24. The van der Waals surface area contributed by atoms with Gasteiger partial charge in [0.25, 0.3) is 16.9 Å². The van der Waals surface area contributed by atoms with Crippen molar-refractivity contribution in [2.45, 2.75) is 36.1 Å². The van der Waals surface area contributed by atoms with Crippen molar-refractivity contribution in [3.8, 4) is 17.6 Å². The van der Waals surface area contributed by atoms with E-state index in [9.17, 15) is 29.2 Å². The molecule has 4 atom stereocenters. The van der Waals surface area contributed by atoms with Crippen LogP contribution in [0.3, 0.4) is 0 Å². The zero-order valence-corrected chi connectivity index (χ0v) is 20.9. The second-order valence-corrected chi connectivity index (χ2v) is 11.2. The molecular weight excluding hydrogens is 498 g/mol. The smallest absolute Gasteiger partial charge is 0.369 e. The van der Waals surface area contributed by atoms with E-state index in [2.05, 4.69) is 6.07 Å². The molecular formula is C22H21N3O8S2. The molecule has 184 valence electrons. The van der Waals surface area contributed by atoms with Crippen LogP contribution in [0, 0.1) is 16.7 Å². The summed E-state index contributed by atoms with van der Waals surface area (Å²) >= 11 is 0.897. The number of carbonyl (C=O) groups excluding carboxylic acids is 5. The van der Waals surface area contributed by atoms with Crippen molar-refractivity contribution in [3.63, 3.8) is 0 Å².